The van der Waals surface area contributed by atoms with Crippen LogP contribution in [0.3, 0.4) is 0 Å². The van der Waals surface area contributed by atoms with Crippen LogP contribution < -0.4 is 5.32 Å². The molecule has 0 radical (unpaired) electrons. The SMILES string of the molecule is CC(C)n1nnc2cc(S(=O)(=O)N(C)CC(=O)NCc3cccnc3)ccc21. The predicted octanol–water partition coefficient (Wildman–Crippen LogP) is 1.34. The molecule has 0 aliphatic rings. The number of pyridine rings is 1. The van der Waals surface area contributed by atoms with Gasteiger partial charge in [0.1, 0.15) is 5.52 Å². The molecule has 0 aliphatic heterocycles. The number of likely N-dealkylation sites (N-methyl/N-ethyl adjacent to an activating group) is 1. The second kappa shape index (κ2) is 8.03. The highest BCUT2D eigenvalue weighted by atomic mass is 32.2. The van der Waals surface area contributed by atoms with E-state index in [0.29, 0.717) is 5.52 Å². The van der Waals surface area contributed by atoms with Crippen molar-refractivity contribution in [2.45, 2.75) is 31.3 Å². The van der Waals surface area contributed by atoms with Crippen molar-refractivity contribution in [2.75, 3.05) is 13.6 Å². The minimum atomic E-state index is -3.84. The van der Waals surface area contributed by atoms with Crippen molar-refractivity contribution in [3.63, 3.8) is 0 Å². The minimum absolute atomic E-state index is 0.0679. The van der Waals surface area contributed by atoms with Gasteiger partial charge in [0.25, 0.3) is 0 Å². The molecule has 0 atom stereocenters. The number of nitrogens with one attached hydrogen (secondary N) is 1. The maximum atomic E-state index is 12.8. The van der Waals surface area contributed by atoms with E-state index in [0.717, 1.165) is 15.4 Å². The van der Waals surface area contributed by atoms with E-state index in [-0.39, 0.29) is 24.0 Å². The first-order valence-electron chi connectivity index (χ1n) is 8.76. The summed E-state index contributed by atoms with van der Waals surface area (Å²) in [5, 5.41) is 10.8. The first-order chi connectivity index (χ1) is 13.3. The normalized spacial score (nSPS) is 12.0. The van der Waals surface area contributed by atoms with Crippen molar-refractivity contribution < 1.29 is 13.2 Å². The Balaban J connectivity index is 1.71. The smallest absolute Gasteiger partial charge is 0.243 e. The molecule has 1 aromatic carbocycles. The lowest BCUT2D eigenvalue weighted by Crippen LogP contribution is -2.38. The number of rotatable bonds is 7. The van der Waals surface area contributed by atoms with Crippen LogP contribution in [0.25, 0.3) is 11.0 Å². The maximum absolute atomic E-state index is 12.8. The first-order valence-corrected chi connectivity index (χ1v) is 10.2. The van der Waals surface area contributed by atoms with Crippen molar-refractivity contribution in [3.05, 3.63) is 48.3 Å². The number of fused-ring (bicyclic) bond motifs is 1. The molecule has 0 saturated carbocycles. The van der Waals surface area contributed by atoms with Gasteiger partial charge >= 0.3 is 0 Å². The highest BCUT2D eigenvalue weighted by molar-refractivity contribution is 7.89. The van der Waals surface area contributed by atoms with Gasteiger partial charge in [-0.1, -0.05) is 11.3 Å². The van der Waals surface area contributed by atoms with Crippen molar-refractivity contribution in [2.24, 2.45) is 0 Å². The Labute approximate surface area is 163 Å². The Bertz CT molecular complexity index is 1080. The van der Waals surface area contributed by atoms with Gasteiger partial charge in [-0.25, -0.2) is 13.1 Å². The molecular weight excluding hydrogens is 380 g/mol. The fourth-order valence-corrected chi connectivity index (χ4v) is 3.84. The predicted molar refractivity (Wildman–Crippen MR) is 104 cm³/mol. The third kappa shape index (κ3) is 4.18. The van der Waals surface area contributed by atoms with Crippen LogP contribution in [-0.2, 0) is 21.4 Å². The quantitative estimate of drug-likeness (QED) is 0.639. The van der Waals surface area contributed by atoms with Gasteiger partial charge in [-0.15, -0.1) is 5.10 Å². The summed E-state index contributed by atoms with van der Waals surface area (Å²) in [6, 6.07) is 8.36. The molecule has 28 heavy (non-hydrogen) atoms. The van der Waals surface area contributed by atoms with Gasteiger partial charge in [0.15, 0.2) is 0 Å². The zero-order valence-corrected chi connectivity index (χ0v) is 16.7. The number of hydrogen-bond acceptors (Lipinski definition) is 6. The van der Waals surface area contributed by atoms with Gasteiger partial charge in [-0.3, -0.25) is 9.78 Å². The molecule has 0 saturated heterocycles. The lowest BCUT2D eigenvalue weighted by atomic mass is 10.3. The fraction of sp³-hybridized carbons (Fsp3) is 0.333. The van der Waals surface area contributed by atoms with Crippen molar-refractivity contribution in [1.82, 2.24) is 29.6 Å². The zero-order valence-electron chi connectivity index (χ0n) is 15.9. The van der Waals surface area contributed by atoms with Crippen molar-refractivity contribution in [3.8, 4) is 0 Å². The average Bonchev–Trinajstić information content (AvgIpc) is 3.10. The van der Waals surface area contributed by atoms with E-state index < -0.39 is 15.9 Å². The van der Waals surface area contributed by atoms with E-state index in [1.807, 2.05) is 19.9 Å². The zero-order chi connectivity index (χ0) is 20.3. The number of amides is 1. The summed E-state index contributed by atoms with van der Waals surface area (Å²) in [4.78, 5) is 16.2. The number of carbonyl (C=O) groups excluding carboxylic acids is 1. The standard InChI is InChI=1S/C18H22N6O3S/c1-13(2)24-17-7-6-15(9-16(17)21-22-24)28(26,27)23(3)12-18(25)20-11-14-5-4-8-19-10-14/h4-10,13H,11-12H2,1-3H3,(H,20,25). The number of hydrogen-bond donors (Lipinski definition) is 1. The van der Waals surface area contributed by atoms with Crippen LogP contribution in [0.1, 0.15) is 25.5 Å². The number of nitrogens with zero attached hydrogens (tertiary/aromatic N) is 5. The van der Waals surface area contributed by atoms with Gasteiger partial charge in [-0.2, -0.15) is 4.31 Å². The van der Waals surface area contributed by atoms with Crippen LogP contribution in [0.15, 0.2) is 47.6 Å². The molecule has 3 rings (SSSR count). The summed E-state index contributed by atoms with van der Waals surface area (Å²) >= 11 is 0. The van der Waals surface area contributed by atoms with Crippen LogP contribution >= 0.6 is 0 Å². The molecule has 3 aromatic rings. The number of carbonyl (C=O) groups is 1. The number of benzene rings is 1. The molecule has 0 unspecified atom stereocenters. The van der Waals surface area contributed by atoms with Gasteiger partial charge in [0.05, 0.1) is 17.0 Å². The highest BCUT2D eigenvalue weighted by Gasteiger charge is 2.24. The van der Waals surface area contributed by atoms with E-state index in [4.69, 9.17) is 0 Å². The van der Waals surface area contributed by atoms with E-state index in [1.165, 1.54) is 19.2 Å². The van der Waals surface area contributed by atoms with Crippen molar-refractivity contribution in [1.29, 1.82) is 0 Å². The largest absolute Gasteiger partial charge is 0.351 e. The topological polar surface area (TPSA) is 110 Å². The van der Waals surface area contributed by atoms with Crippen molar-refractivity contribution >= 4 is 27.0 Å². The molecule has 10 heteroatoms. The first kappa shape index (κ1) is 19.9. The van der Waals surface area contributed by atoms with Gasteiger partial charge in [0, 0.05) is 32.0 Å². The molecule has 2 aromatic heterocycles. The third-order valence-corrected chi connectivity index (χ3v) is 6.02. The average molecular weight is 402 g/mol. The summed E-state index contributed by atoms with van der Waals surface area (Å²) in [5.41, 5.74) is 2.08. The summed E-state index contributed by atoms with van der Waals surface area (Å²) in [5.74, 6) is -0.401. The molecule has 0 fully saturated rings. The minimum Gasteiger partial charge on any atom is -0.351 e. The maximum Gasteiger partial charge on any atom is 0.243 e. The number of aromatic nitrogens is 4. The van der Waals surface area contributed by atoms with Crippen LogP contribution in [-0.4, -0.2) is 52.2 Å². The summed E-state index contributed by atoms with van der Waals surface area (Å²) in [7, 11) is -2.47. The molecule has 1 N–H and O–H groups in total. The summed E-state index contributed by atoms with van der Waals surface area (Å²) in [6.45, 7) is 3.93. The monoisotopic (exact) mass is 402 g/mol. The molecular formula is C18H22N6O3S. The Kier molecular flexibility index (Phi) is 5.71. The second-order valence-corrected chi connectivity index (χ2v) is 8.72. The van der Waals surface area contributed by atoms with Crippen LogP contribution in [0.5, 0.6) is 0 Å². The number of sulfonamides is 1. The van der Waals surface area contributed by atoms with E-state index in [9.17, 15) is 13.2 Å². The van der Waals surface area contributed by atoms with Crippen LogP contribution in [0, 0.1) is 0 Å². The Hall–Kier alpha value is -2.85. The van der Waals surface area contributed by atoms with Gasteiger partial charge in [-0.05, 0) is 43.7 Å². The lowest BCUT2D eigenvalue weighted by Gasteiger charge is -2.17. The molecule has 0 spiro atoms. The molecule has 0 aliphatic carbocycles. The Morgan fingerprint density at radius 2 is 2.07 bits per heavy atom. The lowest BCUT2D eigenvalue weighted by molar-refractivity contribution is -0.121. The highest BCUT2D eigenvalue weighted by Crippen LogP contribution is 2.21. The Morgan fingerprint density at radius 1 is 1.29 bits per heavy atom. The van der Waals surface area contributed by atoms with Gasteiger partial charge in [0.2, 0.25) is 15.9 Å². The van der Waals surface area contributed by atoms with Gasteiger partial charge < -0.3 is 5.32 Å². The fourth-order valence-electron chi connectivity index (χ4n) is 2.69. The summed E-state index contributed by atoms with van der Waals surface area (Å²) in [6.07, 6.45) is 3.28. The molecule has 0 bridgehead atoms. The molecule has 2 heterocycles. The third-order valence-electron chi connectivity index (χ3n) is 4.22. The van der Waals surface area contributed by atoms with E-state index in [2.05, 4.69) is 20.6 Å². The van der Waals surface area contributed by atoms with Crippen LogP contribution in [0.2, 0.25) is 0 Å². The molecule has 148 valence electrons. The Morgan fingerprint density at radius 3 is 2.75 bits per heavy atom. The van der Waals surface area contributed by atoms with E-state index >= 15 is 0 Å². The van der Waals surface area contributed by atoms with E-state index in [1.54, 1.807) is 29.2 Å². The second-order valence-electron chi connectivity index (χ2n) is 6.68. The molecule has 9 nitrogen and oxygen atoms in total. The van der Waals surface area contributed by atoms with Crippen LogP contribution in [0.4, 0.5) is 0 Å². The summed E-state index contributed by atoms with van der Waals surface area (Å²) < 4.78 is 28.4. The molecule has 1 amide bonds.